The van der Waals surface area contributed by atoms with E-state index in [0.717, 1.165) is 48.9 Å². The number of piperazine rings is 1. The lowest BCUT2D eigenvalue weighted by Crippen LogP contribution is -2.47. The fourth-order valence-corrected chi connectivity index (χ4v) is 4.15. The normalized spacial score (nSPS) is 13.9. The van der Waals surface area contributed by atoms with Crippen LogP contribution in [0.15, 0.2) is 65.3 Å². The van der Waals surface area contributed by atoms with Gasteiger partial charge in [0.05, 0.1) is 12.7 Å². The van der Waals surface area contributed by atoms with E-state index < -0.39 is 0 Å². The van der Waals surface area contributed by atoms with E-state index in [4.69, 9.17) is 9.26 Å². The number of hydrogen-bond acceptors (Lipinski definition) is 7. The second kappa shape index (κ2) is 8.94. The van der Waals surface area contributed by atoms with Gasteiger partial charge < -0.3 is 19.1 Å². The first-order valence-electron chi connectivity index (χ1n) is 11.1. The third-order valence-corrected chi connectivity index (χ3v) is 6.29. The van der Waals surface area contributed by atoms with Crippen LogP contribution in [0.3, 0.4) is 0 Å². The first-order chi connectivity index (χ1) is 16.1. The van der Waals surface area contributed by atoms with Crippen molar-refractivity contribution in [3.8, 4) is 28.6 Å². The average molecular weight is 442 g/mol. The van der Waals surface area contributed by atoms with Gasteiger partial charge in [-0.05, 0) is 67.4 Å². The zero-order chi connectivity index (χ0) is 22.8. The van der Waals surface area contributed by atoms with Crippen LogP contribution in [-0.4, -0.2) is 48.4 Å². The number of nitrogens with zero attached hydrogens (tertiary/aromatic N) is 5. The molecule has 33 heavy (non-hydrogen) atoms. The Morgan fingerprint density at radius 2 is 1.58 bits per heavy atom. The second-order valence-electron chi connectivity index (χ2n) is 8.25. The van der Waals surface area contributed by atoms with Gasteiger partial charge in [0.1, 0.15) is 11.6 Å². The van der Waals surface area contributed by atoms with E-state index in [1.165, 1.54) is 16.8 Å². The summed E-state index contributed by atoms with van der Waals surface area (Å²) in [5, 5.41) is 4.11. The molecule has 7 nitrogen and oxygen atoms in total. The van der Waals surface area contributed by atoms with E-state index in [0.29, 0.717) is 11.7 Å². The number of aromatic nitrogens is 3. The fourth-order valence-electron chi connectivity index (χ4n) is 4.15. The molecule has 7 heteroatoms. The lowest BCUT2D eigenvalue weighted by molar-refractivity contribution is 0.415. The highest BCUT2D eigenvalue weighted by molar-refractivity contribution is 5.61. The Hall–Kier alpha value is -3.87. The van der Waals surface area contributed by atoms with Gasteiger partial charge in [0.25, 0.3) is 5.89 Å². The Morgan fingerprint density at radius 1 is 0.848 bits per heavy atom. The minimum atomic E-state index is 0.458. The molecule has 3 heterocycles. The number of benzene rings is 2. The van der Waals surface area contributed by atoms with Crippen LogP contribution >= 0.6 is 0 Å². The van der Waals surface area contributed by atoms with E-state index in [2.05, 4.69) is 57.0 Å². The molecule has 0 unspecified atom stereocenters. The smallest absolute Gasteiger partial charge is 0.259 e. The number of pyridine rings is 1. The lowest BCUT2D eigenvalue weighted by atomic mass is 10.1. The first-order valence-corrected chi connectivity index (χ1v) is 11.1. The SMILES string of the molecule is COc1ccc(-c2noc(-c3ccc(N4CCN(c5cccc(C)c5C)CC4)nc3)n2)cc1. The van der Waals surface area contributed by atoms with Crippen molar-refractivity contribution in [1.82, 2.24) is 15.1 Å². The Kier molecular flexibility index (Phi) is 5.69. The van der Waals surface area contributed by atoms with Gasteiger partial charge in [0.2, 0.25) is 5.82 Å². The monoisotopic (exact) mass is 441 g/mol. The summed E-state index contributed by atoms with van der Waals surface area (Å²) in [6.45, 7) is 8.19. The minimum Gasteiger partial charge on any atom is -0.497 e. The van der Waals surface area contributed by atoms with E-state index in [9.17, 15) is 0 Å². The summed E-state index contributed by atoms with van der Waals surface area (Å²) in [6, 6.07) is 18.1. The molecule has 0 N–H and O–H groups in total. The molecule has 1 aliphatic rings. The lowest BCUT2D eigenvalue weighted by Gasteiger charge is -2.37. The molecular formula is C26H27N5O2. The van der Waals surface area contributed by atoms with Crippen LogP contribution in [0.4, 0.5) is 11.5 Å². The number of anilines is 2. The zero-order valence-electron chi connectivity index (χ0n) is 19.2. The van der Waals surface area contributed by atoms with Crippen molar-refractivity contribution in [2.24, 2.45) is 0 Å². The maximum Gasteiger partial charge on any atom is 0.259 e. The Labute approximate surface area is 193 Å². The maximum absolute atomic E-state index is 5.48. The molecule has 1 aliphatic heterocycles. The van der Waals surface area contributed by atoms with Crippen LogP contribution in [-0.2, 0) is 0 Å². The van der Waals surface area contributed by atoms with Crippen molar-refractivity contribution in [2.45, 2.75) is 13.8 Å². The number of ether oxygens (including phenoxy) is 1. The summed E-state index contributed by atoms with van der Waals surface area (Å²) < 4.78 is 10.7. The molecule has 0 saturated carbocycles. The Balaban J connectivity index is 1.25. The Bertz CT molecular complexity index is 1230. The molecular weight excluding hydrogens is 414 g/mol. The molecule has 2 aromatic carbocycles. The van der Waals surface area contributed by atoms with Crippen LogP contribution < -0.4 is 14.5 Å². The van der Waals surface area contributed by atoms with Gasteiger partial charge >= 0.3 is 0 Å². The molecule has 168 valence electrons. The molecule has 0 radical (unpaired) electrons. The largest absolute Gasteiger partial charge is 0.497 e. The molecule has 0 bridgehead atoms. The van der Waals surface area contributed by atoms with Crippen molar-refractivity contribution in [3.63, 3.8) is 0 Å². The third-order valence-electron chi connectivity index (χ3n) is 6.29. The molecule has 4 aromatic rings. The van der Waals surface area contributed by atoms with Crippen LogP contribution in [0.5, 0.6) is 5.75 Å². The molecule has 5 rings (SSSR count). The number of methoxy groups -OCH3 is 1. The second-order valence-corrected chi connectivity index (χ2v) is 8.25. The van der Waals surface area contributed by atoms with Gasteiger partial charge in [0.15, 0.2) is 0 Å². The first kappa shape index (κ1) is 21.0. The number of aryl methyl sites for hydroxylation is 1. The van der Waals surface area contributed by atoms with Crippen LogP contribution in [0.1, 0.15) is 11.1 Å². The zero-order valence-corrected chi connectivity index (χ0v) is 19.2. The molecule has 0 amide bonds. The van der Waals surface area contributed by atoms with E-state index in [-0.39, 0.29) is 0 Å². The van der Waals surface area contributed by atoms with E-state index in [1.54, 1.807) is 13.3 Å². The van der Waals surface area contributed by atoms with Gasteiger partial charge in [0, 0.05) is 43.6 Å². The molecule has 1 saturated heterocycles. The van der Waals surface area contributed by atoms with Crippen molar-refractivity contribution in [1.29, 1.82) is 0 Å². The quantitative estimate of drug-likeness (QED) is 0.443. The van der Waals surface area contributed by atoms with Crippen molar-refractivity contribution >= 4 is 11.5 Å². The Morgan fingerprint density at radius 3 is 2.27 bits per heavy atom. The van der Waals surface area contributed by atoms with Gasteiger partial charge in [-0.1, -0.05) is 17.3 Å². The summed E-state index contributed by atoms with van der Waals surface area (Å²) in [5.74, 6) is 2.75. The van der Waals surface area contributed by atoms with E-state index >= 15 is 0 Å². The van der Waals surface area contributed by atoms with Gasteiger partial charge in [-0.3, -0.25) is 0 Å². The summed E-state index contributed by atoms with van der Waals surface area (Å²) >= 11 is 0. The van der Waals surface area contributed by atoms with Crippen molar-refractivity contribution < 1.29 is 9.26 Å². The topological polar surface area (TPSA) is 67.5 Å². The highest BCUT2D eigenvalue weighted by Crippen LogP contribution is 2.27. The van der Waals surface area contributed by atoms with Crippen LogP contribution in [0.25, 0.3) is 22.8 Å². The molecule has 2 aromatic heterocycles. The molecule has 0 aliphatic carbocycles. The highest BCUT2D eigenvalue weighted by Gasteiger charge is 2.20. The number of hydrogen-bond donors (Lipinski definition) is 0. The minimum absolute atomic E-state index is 0.458. The molecule has 0 spiro atoms. The summed E-state index contributed by atoms with van der Waals surface area (Å²) in [7, 11) is 1.64. The van der Waals surface area contributed by atoms with Crippen LogP contribution in [0.2, 0.25) is 0 Å². The number of rotatable bonds is 5. The molecule has 1 fully saturated rings. The van der Waals surface area contributed by atoms with Gasteiger partial charge in [-0.25, -0.2) is 4.98 Å². The third kappa shape index (κ3) is 4.26. The van der Waals surface area contributed by atoms with Crippen molar-refractivity contribution in [2.75, 3.05) is 43.1 Å². The summed E-state index contributed by atoms with van der Waals surface area (Å²) in [4.78, 5) is 14.0. The predicted molar refractivity (Wildman–Crippen MR) is 130 cm³/mol. The van der Waals surface area contributed by atoms with E-state index in [1.807, 2.05) is 36.4 Å². The predicted octanol–water partition coefficient (Wildman–Crippen LogP) is 4.75. The van der Waals surface area contributed by atoms with Crippen LogP contribution in [0, 0.1) is 13.8 Å². The maximum atomic E-state index is 5.48. The van der Waals surface area contributed by atoms with Gasteiger partial charge in [-0.2, -0.15) is 4.98 Å². The average Bonchev–Trinajstić information content (AvgIpc) is 3.36. The van der Waals surface area contributed by atoms with Crippen molar-refractivity contribution in [3.05, 3.63) is 71.9 Å². The highest BCUT2D eigenvalue weighted by atomic mass is 16.5. The standard InChI is InChI=1S/C26H27N5O2/c1-18-5-4-6-23(19(18)2)30-13-15-31(16-14-30)24-12-9-21(17-27-24)26-28-25(29-33-26)20-7-10-22(32-3)11-8-20/h4-12,17H,13-16H2,1-3H3. The fraction of sp³-hybridized carbons (Fsp3) is 0.269. The van der Waals surface area contributed by atoms with Gasteiger partial charge in [-0.15, -0.1) is 0 Å². The summed E-state index contributed by atoms with van der Waals surface area (Å²) in [6.07, 6.45) is 1.80. The summed E-state index contributed by atoms with van der Waals surface area (Å²) in [5.41, 5.74) is 5.71. The molecule has 0 atom stereocenters.